The second kappa shape index (κ2) is 35.5. The first kappa shape index (κ1) is 83.6. The summed E-state index contributed by atoms with van der Waals surface area (Å²) in [6, 6.07) is 36.1. The number of hydrogen-bond donors (Lipinski definition) is 0. The number of hydrogen-bond acceptors (Lipinski definition) is 24. The minimum absolute atomic E-state index is 0.0753. The fourth-order valence-corrected chi connectivity index (χ4v) is 18.6. The zero-order chi connectivity index (χ0) is 83.0. The van der Waals surface area contributed by atoms with Gasteiger partial charge in [-0.2, -0.15) is 0 Å². The Kier molecular flexibility index (Phi) is 25.6. The lowest BCUT2D eigenvalue weighted by atomic mass is 9.48. The molecule has 9 aromatic carbocycles. The molecule has 12 rings (SSSR count). The van der Waals surface area contributed by atoms with E-state index in [9.17, 15) is 0 Å². The molecule has 24 nitrogen and oxygen atoms in total. The molecular weight excluding hydrogens is 1490 g/mol. The van der Waals surface area contributed by atoms with E-state index in [2.05, 4.69) is 64.1 Å². The first-order valence-corrected chi connectivity index (χ1v) is 38.4. The Balaban J connectivity index is 1.20. The smallest absolute Gasteiger partial charge is 0.203 e. The zero-order valence-electron chi connectivity index (χ0n) is 70.7. The second-order valence-corrected chi connectivity index (χ2v) is 28.5. The van der Waals surface area contributed by atoms with Gasteiger partial charge in [-0.25, -0.2) is 0 Å². The Labute approximate surface area is 679 Å². The van der Waals surface area contributed by atoms with Gasteiger partial charge in [-0.15, -0.1) is 0 Å². The number of fused-ring (bicyclic) bond motifs is 9. The lowest BCUT2D eigenvalue weighted by molar-refractivity contribution is 0.0539. The molecule has 0 N–H and O–H groups in total. The van der Waals surface area contributed by atoms with Crippen molar-refractivity contribution in [3.05, 3.63) is 176 Å². The van der Waals surface area contributed by atoms with E-state index < -0.39 is 21.7 Å². The van der Waals surface area contributed by atoms with Crippen LogP contribution in [-0.2, 0) is 55.9 Å². The van der Waals surface area contributed by atoms with Crippen LogP contribution in [0.25, 0.3) is 0 Å². The quantitative estimate of drug-likeness (QED) is 0.0347. The van der Waals surface area contributed by atoms with Crippen LogP contribution in [0.1, 0.15) is 133 Å². The fourth-order valence-electron chi connectivity index (χ4n) is 18.6. The maximum absolute atomic E-state index is 7.09. The van der Waals surface area contributed by atoms with Gasteiger partial charge in [0.25, 0.3) is 0 Å². The number of benzene rings is 9. The molecule has 0 radical (unpaired) electrons. The summed E-state index contributed by atoms with van der Waals surface area (Å²) in [5, 5.41) is 0. The van der Waals surface area contributed by atoms with E-state index in [0.717, 1.165) is 86.0 Å². The van der Waals surface area contributed by atoms with E-state index in [-0.39, 0.29) is 39.6 Å². The third kappa shape index (κ3) is 14.0. The third-order valence-corrected chi connectivity index (χ3v) is 23.4. The van der Waals surface area contributed by atoms with Crippen LogP contribution in [0.4, 0.5) is 0 Å². The van der Waals surface area contributed by atoms with Crippen LogP contribution in [0.2, 0.25) is 0 Å². The molecule has 0 atom stereocenters. The van der Waals surface area contributed by atoms with Gasteiger partial charge in [-0.05, 0) is 86.0 Å². The van der Waals surface area contributed by atoms with E-state index in [1.807, 2.05) is 72.8 Å². The largest absolute Gasteiger partial charge is 0.493 e. The van der Waals surface area contributed by atoms with Crippen LogP contribution in [0.15, 0.2) is 109 Å². The Morgan fingerprint density at radius 1 is 0.190 bits per heavy atom. The predicted molar refractivity (Wildman–Crippen MR) is 437 cm³/mol. The van der Waals surface area contributed by atoms with Crippen molar-refractivity contribution in [1.29, 1.82) is 0 Å². The Bertz CT molecular complexity index is 4100. The molecule has 24 heteroatoms. The average Bonchev–Trinajstić information content (AvgIpc) is 1.43. The van der Waals surface area contributed by atoms with Crippen LogP contribution in [0.3, 0.4) is 0 Å². The van der Waals surface area contributed by atoms with Crippen LogP contribution >= 0.6 is 0 Å². The summed E-state index contributed by atoms with van der Waals surface area (Å²) in [5.74, 6) is 10.6. The minimum Gasteiger partial charge on any atom is -0.493 e. The van der Waals surface area contributed by atoms with Crippen molar-refractivity contribution in [2.75, 3.05) is 128 Å². The second-order valence-electron chi connectivity index (χ2n) is 28.5. The summed E-state index contributed by atoms with van der Waals surface area (Å²) in [7, 11) is 28.5. The standard InChI is InChI=1S/C92H108O24/c1-23-26-90-65-29-53(47-111-59-35-71(93-5)83(105-17)72(36-59)94-6)55(49-113-61-39-75(97-9)85(107-19)76(40-61)98-10)31-67(65)91(27-24-2)69-33-57(51-115-63-43-79(101-13)87(109-21)80(44-63)102-14)58(52-116-64-45-81(103-15)88(110-22)82(46-64)104-16)34-70(69)92(28-25-3,89(90,91)4)68-32-56(50-114-62-41-77(99-11)86(108-20)78(42-62)100-12)54(30-66(68)90)48-112-60-37-73(95-7)84(106-18)74(38-60)96-8/h29-46H,23-28,47-52H2,1-22H3. The first-order valence-electron chi connectivity index (χ1n) is 38.4. The predicted octanol–water partition coefficient (Wildman–Crippen LogP) is 17.9. The van der Waals surface area contributed by atoms with Crippen LogP contribution < -0.4 is 114 Å². The molecule has 0 bridgehead atoms. The van der Waals surface area contributed by atoms with Gasteiger partial charge >= 0.3 is 0 Å². The zero-order valence-corrected chi connectivity index (χ0v) is 70.7. The van der Waals surface area contributed by atoms with Gasteiger partial charge in [0, 0.05) is 94.5 Å². The first-order chi connectivity index (χ1) is 56.3. The molecule has 0 amide bonds. The van der Waals surface area contributed by atoms with Crippen molar-refractivity contribution >= 4 is 0 Å². The van der Waals surface area contributed by atoms with E-state index in [1.165, 1.54) is 0 Å². The van der Waals surface area contributed by atoms with Crippen molar-refractivity contribution in [1.82, 2.24) is 0 Å². The van der Waals surface area contributed by atoms with Crippen molar-refractivity contribution in [2.45, 2.75) is 122 Å². The molecule has 9 aromatic rings. The normalized spacial score (nSPS) is 16.9. The number of methoxy groups -OCH3 is 18. The highest BCUT2D eigenvalue weighted by Crippen LogP contribution is 2.85. The summed E-state index contributed by atoms with van der Waals surface area (Å²) < 4.78 is 149. The maximum Gasteiger partial charge on any atom is 0.203 e. The van der Waals surface area contributed by atoms with Gasteiger partial charge in [0.1, 0.15) is 74.1 Å². The van der Waals surface area contributed by atoms with Crippen LogP contribution in [0.5, 0.6) is 138 Å². The van der Waals surface area contributed by atoms with Crippen molar-refractivity contribution in [3.63, 3.8) is 0 Å². The van der Waals surface area contributed by atoms with Crippen LogP contribution in [-0.4, -0.2) is 128 Å². The Morgan fingerprint density at radius 2 is 0.319 bits per heavy atom. The van der Waals surface area contributed by atoms with E-state index in [4.69, 9.17) is 114 Å². The maximum atomic E-state index is 7.09. The topological polar surface area (TPSA) is 222 Å². The summed E-state index contributed by atoms with van der Waals surface area (Å²) in [6.45, 7) is 9.91. The summed E-state index contributed by atoms with van der Waals surface area (Å²) >= 11 is 0. The van der Waals surface area contributed by atoms with Gasteiger partial charge in [-0.1, -0.05) is 83.4 Å². The lowest BCUT2D eigenvalue weighted by Crippen LogP contribution is -2.54. The third-order valence-electron chi connectivity index (χ3n) is 23.4. The van der Waals surface area contributed by atoms with E-state index in [0.29, 0.717) is 157 Å². The minimum atomic E-state index is -0.815. The molecule has 0 saturated heterocycles. The number of ether oxygens (including phenoxy) is 24. The van der Waals surface area contributed by atoms with Crippen LogP contribution in [0, 0.1) is 5.41 Å². The molecule has 3 aliphatic rings. The van der Waals surface area contributed by atoms with E-state index >= 15 is 0 Å². The fraction of sp³-hybridized carbons (Fsp3) is 0.413. The summed E-state index contributed by atoms with van der Waals surface area (Å²) in [4.78, 5) is 0. The lowest BCUT2D eigenvalue weighted by Gasteiger charge is -2.53. The average molecular weight is 1600 g/mol. The van der Waals surface area contributed by atoms with Crippen molar-refractivity contribution in [2.24, 2.45) is 5.41 Å². The molecule has 116 heavy (non-hydrogen) atoms. The molecular formula is C92H108O24. The van der Waals surface area contributed by atoms with Gasteiger partial charge in [0.15, 0.2) is 69.0 Å². The van der Waals surface area contributed by atoms with E-state index in [1.54, 1.807) is 128 Å². The highest BCUT2D eigenvalue weighted by Gasteiger charge is 2.82. The Hall–Kier alpha value is -11.8. The molecule has 0 saturated carbocycles. The summed E-state index contributed by atoms with van der Waals surface area (Å²) in [6.07, 6.45) is 4.40. The van der Waals surface area contributed by atoms with Gasteiger partial charge in [0.05, 0.1) is 128 Å². The van der Waals surface area contributed by atoms with Gasteiger partial charge in [-0.3, -0.25) is 0 Å². The Morgan fingerprint density at radius 3 is 0.422 bits per heavy atom. The molecule has 3 aliphatic carbocycles. The van der Waals surface area contributed by atoms with Gasteiger partial charge in [0.2, 0.25) is 34.5 Å². The molecule has 0 fully saturated rings. The SMILES string of the molecule is CCCC12c3cc(COc4cc(OC)c(OC)c(OC)c4)c(COc4cc(OC)c(OC)c(OC)c4)cc3C3(CCC)c4cc(COc5cc(OC)c(OC)c(OC)c5)c(COc5cc(OC)c(OC)c(OC)c5)cc4C(CCC)(c4cc(COc5cc(OC)c(OC)c(OC)c5)c(COc5cc(OC)c(OC)c(OC)c5)cc41)C23C. The molecule has 620 valence electrons. The summed E-state index contributed by atoms with van der Waals surface area (Å²) in [5.41, 5.74) is 8.92. The van der Waals surface area contributed by atoms with Crippen molar-refractivity contribution in [3.8, 4) is 138 Å². The highest BCUT2D eigenvalue weighted by molar-refractivity contribution is 5.80. The molecule has 0 unspecified atom stereocenters. The highest BCUT2D eigenvalue weighted by atomic mass is 16.6. The monoisotopic (exact) mass is 1600 g/mol. The molecule has 0 heterocycles. The van der Waals surface area contributed by atoms with Crippen molar-refractivity contribution < 1.29 is 114 Å². The number of rotatable bonds is 42. The molecule has 0 aliphatic heterocycles. The molecule has 0 spiro atoms. The van der Waals surface area contributed by atoms with Gasteiger partial charge < -0.3 is 114 Å². The molecule has 0 aromatic heterocycles.